The van der Waals surface area contributed by atoms with Gasteiger partial charge in [0, 0.05) is 0 Å². The van der Waals surface area contributed by atoms with Crippen LogP contribution in [0.4, 0.5) is 0 Å². The first-order valence-electron chi connectivity index (χ1n) is 6.03. The van der Waals surface area contributed by atoms with Crippen LogP contribution in [0.25, 0.3) is 0 Å². The van der Waals surface area contributed by atoms with E-state index in [4.69, 9.17) is 4.74 Å². The molecule has 0 aliphatic heterocycles. The largest absolute Gasteiger partial charge is 0.464 e. The minimum Gasteiger partial charge on any atom is -0.464 e. The van der Waals surface area contributed by atoms with Gasteiger partial charge in [-0.2, -0.15) is 0 Å². The van der Waals surface area contributed by atoms with Crippen LogP contribution in [0.2, 0.25) is 0 Å². The number of ether oxygens (including phenoxy) is 2. The summed E-state index contributed by atoms with van der Waals surface area (Å²) in [5.41, 5.74) is -2.27. The van der Waals surface area contributed by atoms with Gasteiger partial charge in [-0.05, 0) is 26.2 Å². The van der Waals surface area contributed by atoms with E-state index in [1.54, 1.807) is 27.7 Å². The van der Waals surface area contributed by atoms with E-state index >= 15 is 0 Å². The van der Waals surface area contributed by atoms with Crippen LogP contribution in [0.3, 0.4) is 0 Å². The van der Waals surface area contributed by atoms with E-state index in [-0.39, 0.29) is 25.6 Å². The van der Waals surface area contributed by atoms with Gasteiger partial charge in [0.2, 0.25) is 0 Å². The number of rotatable bonds is 7. The molecule has 18 heavy (non-hydrogen) atoms. The molecule has 2 N–H and O–H groups in total. The first-order chi connectivity index (χ1) is 8.29. The monoisotopic (exact) mass is 262 g/mol. The van der Waals surface area contributed by atoms with Gasteiger partial charge >= 0.3 is 11.9 Å². The van der Waals surface area contributed by atoms with Crippen LogP contribution >= 0.6 is 0 Å². The third kappa shape index (κ3) is 4.27. The Labute approximate surface area is 107 Å². The van der Waals surface area contributed by atoms with E-state index in [9.17, 15) is 19.8 Å². The van der Waals surface area contributed by atoms with Crippen LogP contribution in [-0.4, -0.2) is 47.1 Å². The van der Waals surface area contributed by atoms with E-state index in [0.717, 1.165) is 0 Å². The van der Waals surface area contributed by atoms with Crippen molar-refractivity contribution in [1.82, 2.24) is 0 Å². The molecule has 0 amide bonds. The van der Waals surface area contributed by atoms with Gasteiger partial charge in [0.05, 0.1) is 13.2 Å². The number of hydrogen-bond acceptors (Lipinski definition) is 6. The molecule has 0 rings (SSSR count). The molecule has 6 nitrogen and oxygen atoms in total. The lowest BCUT2D eigenvalue weighted by atomic mass is 9.87. The van der Waals surface area contributed by atoms with Crippen molar-refractivity contribution in [3.05, 3.63) is 0 Å². The summed E-state index contributed by atoms with van der Waals surface area (Å²) in [6.45, 7) is 6.75. The molecule has 0 unspecified atom stereocenters. The van der Waals surface area contributed by atoms with E-state index in [1.165, 1.54) is 0 Å². The van der Waals surface area contributed by atoms with E-state index in [1.807, 2.05) is 0 Å². The lowest BCUT2D eigenvalue weighted by Crippen LogP contribution is -2.55. The zero-order valence-electron chi connectivity index (χ0n) is 11.3. The second kappa shape index (κ2) is 7.33. The summed E-state index contributed by atoms with van der Waals surface area (Å²) in [4.78, 5) is 23.2. The fourth-order valence-electron chi connectivity index (χ4n) is 1.60. The Morgan fingerprint density at radius 2 is 1.67 bits per heavy atom. The molecule has 0 aliphatic carbocycles. The summed E-state index contributed by atoms with van der Waals surface area (Å²) in [6.07, 6.45) is -2.04. The highest BCUT2D eigenvalue weighted by atomic mass is 16.6. The number of hydrogen-bond donors (Lipinski definition) is 2. The molecule has 0 aromatic carbocycles. The predicted molar refractivity (Wildman–Crippen MR) is 63.7 cm³/mol. The molecule has 106 valence electrons. The van der Waals surface area contributed by atoms with Crippen molar-refractivity contribution in [1.29, 1.82) is 0 Å². The van der Waals surface area contributed by atoms with Crippen molar-refractivity contribution >= 4 is 11.9 Å². The lowest BCUT2D eigenvalue weighted by Gasteiger charge is -2.30. The van der Waals surface area contributed by atoms with Crippen molar-refractivity contribution in [2.24, 2.45) is 5.92 Å². The zero-order chi connectivity index (χ0) is 14.3. The Kier molecular flexibility index (Phi) is 6.86. The van der Waals surface area contributed by atoms with Gasteiger partial charge in [-0.15, -0.1) is 0 Å². The van der Waals surface area contributed by atoms with E-state index in [2.05, 4.69) is 4.74 Å². The number of carbonyl (C=O) groups excluding carboxylic acids is 2. The van der Waals surface area contributed by atoms with Crippen molar-refractivity contribution in [3.8, 4) is 0 Å². The normalized spacial score (nSPS) is 15.9. The molecular formula is C12H22O6. The van der Waals surface area contributed by atoms with E-state index < -0.39 is 23.6 Å². The summed E-state index contributed by atoms with van der Waals surface area (Å²) in [5, 5.41) is 20.0. The molecule has 0 bridgehead atoms. The minimum absolute atomic E-state index is 0.0504. The minimum atomic E-state index is -2.27. The highest BCUT2D eigenvalue weighted by Crippen LogP contribution is 2.24. The Hall–Kier alpha value is -1.14. The number of esters is 2. The summed E-state index contributed by atoms with van der Waals surface area (Å²) in [5.74, 6) is -2.16. The molecule has 0 aromatic heterocycles. The van der Waals surface area contributed by atoms with Crippen LogP contribution in [0.5, 0.6) is 0 Å². The highest BCUT2D eigenvalue weighted by molar-refractivity contribution is 5.89. The molecule has 0 saturated carbocycles. The fourth-order valence-corrected chi connectivity index (χ4v) is 1.60. The highest BCUT2D eigenvalue weighted by Gasteiger charge is 2.49. The molecule has 0 spiro atoms. The predicted octanol–water partition coefficient (Wildman–Crippen LogP) is 0.251. The summed E-state index contributed by atoms with van der Waals surface area (Å²) in [7, 11) is 0. The maximum absolute atomic E-state index is 11.7. The van der Waals surface area contributed by atoms with Crippen LogP contribution < -0.4 is 0 Å². The Bertz CT molecular complexity index is 288. The van der Waals surface area contributed by atoms with Crippen molar-refractivity contribution < 1.29 is 29.3 Å². The maximum atomic E-state index is 11.7. The SMILES string of the molecule is CCOC(=O)[C@@H](O)[C@@](O)(CC(C)C)C(=O)OCC. The molecule has 0 radical (unpaired) electrons. The van der Waals surface area contributed by atoms with Gasteiger partial charge in [-0.25, -0.2) is 9.59 Å². The van der Waals surface area contributed by atoms with Gasteiger partial charge in [-0.3, -0.25) is 0 Å². The van der Waals surface area contributed by atoms with Gasteiger partial charge in [0.1, 0.15) is 0 Å². The Morgan fingerprint density at radius 3 is 2.06 bits per heavy atom. The Morgan fingerprint density at radius 1 is 1.17 bits per heavy atom. The number of aliphatic hydroxyl groups excluding tert-OH is 1. The molecule has 0 aliphatic rings. The van der Waals surface area contributed by atoms with Crippen LogP contribution in [-0.2, 0) is 19.1 Å². The third-order valence-electron chi connectivity index (χ3n) is 2.31. The number of aliphatic hydroxyl groups is 2. The Balaban J connectivity index is 5.06. The second-order valence-electron chi connectivity index (χ2n) is 4.40. The average Bonchev–Trinajstić information content (AvgIpc) is 2.27. The van der Waals surface area contributed by atoms with Crippen LogP contribution in [0.1, 0.15) is 34.1 Å². The quantitative estimate of drug-likeness (QED) is 0.639. The summed E-state index contributed by atoms with van der Waals surface area (Å²) < 4.78 is 9.30. The van der Waals surface area contributed by atoms with Crippen molar-refractivity contribution in [3.63, 3.8) is 0 Å². The van der Waals surface area contributed by atoms with Crippen LogP contribution in [0, 0.1) is 5.92 Å². The topological polar surface area (TPSA) is 93.1 Å². The first kappa shape index (κ1) is 16.9. The average molecular weight is 262 g/mol. The van der Waals surface area contributed by atoms with Gasteiger partial charge in [0.15, 0.2) is 11.7 Å². The van der Waals surface area contributed by atoms with Gasteiger partial charge < -0.3 is 19.7 Å². The first-order valence-corrected chi connectivity index (χ1v) is 6.03. The van der Waals surface area contributed by atoms with Crippen molar-refractivity contribution in [2.75, 3.05) is 13.2 Å². The van der Waals surface area contributed by atoms with E-state index in [0.29, 0.717) is 0 Å². The molecule has 2 atom stereocenters. The lowest BCUT2D eigenvalue weighted by molar-refractivity contribution is -0.192. The molecular weight excluding hydrogens is 240 g/mol. The summed E-state index contributed by atoms with van der Waals surface area (Å²) in [6, 6.07) is 0. The second-order valence-corrected chi connectivity index (χ2v) is 4.40. The fraction of sp³-hybridized carbons (Fsp3) is 0.833. The molecule has 0 heterocycles. The zero-order valence-corrected chi connectivity index (χ0v) is 11.3. The van der Waals surface area contributed by atoms with Crippen molar-refractivity contribution in [2.45, 2.75) is 45.8 Å². The van der Waals surface area contributed by atoms with Gasteiger partial charge in [-0.1, -0.05) is 13.8 Å². The molecule has 0 aromatic rings. The summed E-state index contributed by atoms with van der Waals surface area (Å²) >= 11 is 0. The maximum Gasteiger partial charge on any atom is 0.341 e. The molecule has 0 saturated heterocycles. The van der Waals surface area contributed by atoms with Gasteiger partial charge in [0.25, 0.3) is 0 Å². The molecule has 0 fully saturated rings. The standard InChI is InChI=1S/C12H22O6/c1-5-17-10(14)9(13)12(16,7-8(3)4)11(15)18-6-2/h8-9,13,16H,5-7H2,1-4H3/t9-,12+/m1/s1. The third-order valence-corrected chi connectivity index (χ3v) is 2.31. The smallest absolute Gasteiger partial charge is 0.341 e. The molecule has 6 heteroatoms. The van der Waals surface area contributed by atoms with Crippen LogP contribution in [0.15, 0.2) is 0 Å². The number of carbonyl (C=O) groups is 2.